The molecule has 1 aromatic carbocycles. The summed E-state index contributed by atoms with van der Waals surface area (Å²) in [6.45, 7) is 8.27. The third-order valence-corrected chi connectivity index (χ3v) is 5.10. The van der Waals surface area contributed by atoms with Crippen molar-refractivity contribution in [2.75, 3.05) is 18.4 Å². The van der Waals surface area contributed by atoms with Crippen LogP contribution in [0.15, 0.2) is 30.3 Å². The molecule has 1 aromatic heterocycles. The third kappa shape index (κ3) is 4.41. The third-order valence-electron chi connectivity index (χ3n) is 5.10. The van der Waals surface area contributed by atoms with Crippen LogP contribution in [0.4, 0.5) is 5.82 Å². The predicted octanol–water partition coefficient (Wildman–Crippen LogP) is 3.56. The first kappa shape index (κ1) is 18.4. The number of carbonyl (C=O) groups excluding carboxylic acids is 1. The number of phenolic OH excluding ortho intramolecular Hbond substituents is 1. The second kappa shape index (κ2) is 7.87. The van der Waals surface area contributed by atoms with Gasteiger partial charge in [0.05, 0.1) is 5.92 Å². The Morgan fingerprint density at radius 1 is 1.27 bits per heavy atom. The molecule has 0 radical (unpaired) electrons. The lowest BCUT2D eigenvalue weighted by Gasteiger charge is -2.32. The highest BCUT2D eigenvalue weighted by atomic mass is 16.3. The van der Waals surface area contributed by atoms with Crippen LogP contribution < -0.4 is 5.32 Å². The minimum absolute atomic E-state index is 0.0251. The summed E-state index contributed by atoms with van der Waals surface area (Å²) in [7, 11) is 0. The first-order valence-corrected chi connectivity index (χ1v) is 9.18. The molecule has 1 amide bonds. The Morgan fingerprint density at radius 3 is 2.81 bits per heavy atom. The number of anilines is 1. The van der Waals surface area contributed by atoms with Gasteiger partial charge in [-0.1, -0.05) is 12.1 Å². The van der Waals surface area contributed by atoms with Crippen molar-refractivity contribution in [3.05, 3.63) is 52.7 Å². The average molecular weight is 353 g/mol. The van der Waals surface area contributed by atoms with Gasteiger partial charge in [0.15, 0.2) is 0 Å². The minimum Gasteiger partial charge on any atom is -0.508 e. The molecule has 1 aliphatic rings. The fourth-order valence-electron chi connectivity index (χ4n) is 3.48. The molecule has 1 atom stereocenters. The number of aromatic nitrogens is 1. The van der Waals surface area contributed by atoms with E-state index < -0.39 is 0 Å². The van der Waals surface area contributed by atoms with Gasteiger partial charge in [0, 0.05) is 24.3 Å². The molecule has 1 unspecified atom stereocenters. The largest absolute Gasteiger partial charge is 0.508 e. The summed E-state index contributed by atoms with van der Waals surface area (Å²) in [6, 6.07) is 9.49. The maximum absolute atomic E-state index is 12.6. The number of benzene rings is 1. The number of pyridine rings is 1. The van der Waals surface area contributed by atoms with Crippen LogP contribution in [-0.4, -0.2) is 34.0 Å². The number of phenols is 1. The van der Waals surface area contributed by atoms with E-state index in [4.69, 9.17) is 0 Å². The summed E-state index contributed by atoms with van der Waals surface area (Å²) < 4.78 is 0. The molecule has 26 heavy (non-hydrogen) atoms. The van der Waals surface area contributed by atoms with Crippen molar-refractivity contribution in [3.8, 4) is 5.75 Å². The summed E-state index contributed by atoms with van der Waals surface area (Å²) in [4.78, 5) is 19.2. The summed E-state index contributed by atoms with van der Waals surface area (Å²) >= 11 is 0. The zero-order valence-corrected chi connectivity index (χ0v) is 15.7. The maximum atomic E-state index is 12.6. The van der Waals surface area contributed by atoms with Crippen molar-refractivity contribution < 1.29 is 9.90 Å². The van der Waals surface area contributed by atoms with Gasteiger partial charge in [-0.3, -0.25) is 9.69 Å². The van der Waals surface area contributed by atoms with E-state index >= 15 is 0 Å². The van der Waals surface area contributed by atoms with Gasteiger partial charge < -0.3 is 10.4 Å². The van der Waals surface area contributed by atoms with Gasteiger partial charge in [-0.15, -0.1) is 0 Å². The van der Waals surface area contributed by atoms with Crippen LogP contribution in [0.5, 0.6) is 5.75 Å². The van der Waals surface area contributed by atoms with Crippen molar-refractivity contribution >= 4 is 11.7 Å². The number of aromatic hydroxyl groups is 1. The van der Waals surface area contributed by atoms with E-state index in [1.54, 1.807) is 0 Å². The summed E-state index contributed by atoms with van der Waals surface area (Å²) in [5.74, 6) is 0.916. The minimum atomic E-state index is -0.0558. The highest BCUT2D eigenvalue weighted by Crippen LogP contribution is 2.26. The van der Waals surface area contributed by atoms with Crippen molar-refractivity contribution in [1.82, 2.24) is 9.88 Å². The van der Waals surface area contributed by atoms with E-state index in [2.05, 4.69) is 22.1 Å². The Morgan fingerprint density at radius 2 is 2.04 bits per heavy atom. The smallest absolute Gasteiger partial charge is 0.229 e. The molecule has 0 saturated carbocycles. The zero-order chi connectivity index (χ0) is 18.7. The Balaban J connectivity index is 1.64. The number of rotatable bonds is 4. The second-order valence-electron chi connectivity index (χ2n) is 7.29. The first-order chi connectivity index (χ1) is 12.4. The van der Waals surface area contributed by atoms with Gasteiger partial charge in [-0.25, -0.2) is 4.98 Å². The fourth-order valence-corrected chi connectivity index (χ4v) is 3.48. The number of likely N-dealkylation sites (tertiary alicyclic amines) is 1. The lowest BCUT2D eigenvalue weighted by Crippen LogP contribution is -2.40. The normalized spacial score (nSPS) is 17.9. The van der Waals surface area contributed by atoms with Crippen LogP contribution in [0.3, 0.4) is 0 Å². The molecule has 3 rings (SSSR count). The average Bonchev–Trinajstić information content (AvgIpc) is 2.60. The number of carbonyl (C=O) groups is 1. The van der Waals surface area contributed by atoms with E-state index in [0.717, 1.165) is 36.2 Å². The van der Waals surface area contributed by atoms with Gasteiger partial charge in [0.1, 0.15) is 11.6 Å². The lowest BCUT2D eigenvalue weighted by atomic mass is 9.96. The van der Waals surface area contributed by atoms with Crippen molar-refractivity contribution in [1.29, 1.82) is 0 Å². The standard InChI is InChI=1S/C21H27N3O2/c1-14-10-18(19(25)11-15(14)2)13-24-9-5-7-17(12-24)21(26)23-20-8-4-6-16(3)22-20/h4,6,8,10-11,17,25H,5,7,9,12-13H2,1-3H3,(H,22,23,26). The number of hydrogen-bond acceptors (Lipinski definition) is 4. The van der Waals surface area contributed by atoms with Gasteiger partial charge in [-0.2, -0.15) is 0 Å². The maximum Gasteiger partial charge on any atom is 0.229 e. The Bertz CT molecular complexity index is 804. The quantitative estimate of drug-likeness (QED) is 0.882. The molecule has 0 aliphatic carbocycles. The van der Waals surface area contributed by atoms with E-state index in [1.165, 1.54) is 5.56 Å². The second-order valence-corrected chi connectivity index (χ2v) is 7.29. The molecule has 5 heteroatoms. The van der Waals surface area contributed by atoms with Gasteiger partial charge in [-0.05, 0) is 69.5 Å². The molecule has 2 heterocycles. The summed E-state index contributed by atoms with van der Waals surface area (Å²) in [5.41, 5.74) is 4.08. The summed E-state index contributed by atoms with van der Waals surface area (Å²) in [5, 5.41) is 13.2. The Hall–Kier alpha value is -2.40. The van der Waals surface area contributed by atoms with Crippen LogP contribution in [0, 0.1) is 26.7 Å². The number of nitrogens with one attached hydrogen (secondary N) is 1. The van der Waals surface area contributed by atoms with Crippen LogP contribution in [0.2, 0.25) is 0 Å². The van der Waals surface area contributed by atoms with E-state index in [1.807, 2.05) is 44.2 Å². The van der Waals surface area contributed by atoms with E-state index in [9.17, 15) is 9.90 Å². The van der Waals surface area contributed by atoms with Crippen molar-refractivity contribution in [2.24, 2.45) is 5.92 Å². The summed E-state index contributed by atoms with van der Waals surface area (Å²) in [6.07, 6.45) is 1.86. The van der Waals surface area contributed by atoms with Gasteiger partial charge >= 0.3 is 0 Å². The van der Waals surface area contributed by atoms with Crippen molar-refractivity contribution in [3.63, 3.8) is 0 Å². The molecule has 2 N–H and O–H groups in total. The van der Waals surface area contributed by atoms with Crippen LogP contribution in [0.25, 0.3) is 0 Å². The predicted molar refractivity (Wildman–Crippen MR) is 103 cm³/mol. The molecule has 0 bridgehead atoms. The molecule has 1 fully saturated rings. The topological polar surface area (TPSA) is 65.5 Å². The van der Waals surface area contributed by atoms with Crippen molar-refractivity contribution in [2.45, 2.75) is 40.2 Å². The zero-order valence-electron chi connectivity index (χ0n) is 15.7. The first-order valence-electron chi connectivity index (χ1n) is 9.18. The van der Waals surface area contributed by atoms with E-state index in [-0.39, 0.29) is 11.8 Å². The highest BCUT2D eigenvalue weighted by molar-refractivity contribution is 5.91. The molecular formula is C21H27N3O2. The molecule has 138 valence electrons. The monoisotopic (exact) mass is 353 g/mol. The molecular weight excluding hydrogens is 326 g/mol. The number of aryl methyl sites for hydroxylation is 3. The molecule has 0 spiro atoms. The lowest BCUT2D eigenvalue weighted by molar-refractivity contribution is -0.121. The highest BCUT2D eigenvalue weighted by Gasteiger charge is 2.26. The Labute approximate surface area is 155 Å². The van der Waals surface area contributed by atoms with Crippen LogP contribution >= 0.6 is 0 Å². The number of piperidine rings is 1. The van der Waals surface area contributed by atoms with E-state index in [0.29, 0.717) is 24.7 Å². The van der Waals surface area contributed by atoms with Crippen LogP contribution in [0.1, 0.15) is 35.2 Å². The number of nitrogens with zero attached hydrogens (tertiary/aromatic N) is 2. The van der Waals surface area contributed by atoms with Crippen LogP contribution in [-0.2, 0) is 11.3 Å². The Kier molecular flexibility index (Phi) is 5.57. The van der Waals surface area contributed by atoms with Gasteiger partial charge in [0.2, 0.25) is 5.91 Å². The fraction of sp³-hybridized carbons (Fsp3) is 0.429. The number of amides is 1. The molecule has 1 saturated heterocycles. The van der Waals surface area contributed by atoms with Gasteiger partial charge in [0.25, 0.3) is 0 Å². The number of hydrogen-bond donors (Lipinski definition) is 2. The molecule has 2 aromatic rings. The molecule has 1 aliphatic heterocycles. The molecule has 5 nitrogen and oxygen atoms in total. The SMILES string of the molecule is Cc1cccc(NC(=O)C2CCCN(Cc3cc(C)c(C)cc3O)C2)n1.